The molecule has 10 heteroatoms. The number of benzene rings is 2. The number of para-hydroxylation sites is 1. The van der Waals surface area contributed by atoms with E-state index in [2.05, 4.69) is 30.9 Å². The minimum absolute atomic E-state index is 0.214. The van der Waals surface area contributed by atoms with Crippen LogP contribution >= 0.6 is 23.4 Å². The van der Waals surface area contributed by atoms with Crippen LogP contribution in [0.1, 0.15) is 12.5 Å². The van der Waals surface area contributed by atoms with E-state index in [4.69, 9.17) is 16.3 Å². The number of amidine groups is 2. The third-order valence-corrected chi connectivity index (χ3v) is 5.96. The highest BCUT2D eigenvalue weighted by molar-refractivity contribution is 8.18. The molecule has 2 saturated heterocycles. The lowest BCUT2D eigenvalue weighted by molar-refractivity contribution is -0.115. The van der Waals surface area contributed by atoms with E-state index < -0.39 is 0 Å². The fraction of sp³-hybridized carbons (Fsp3) is 0.217. The molecule has 0 unspecified atom stereocenters. The maximum Gasteiger partial charge on any atom is 0.264 e. The van der Waals surface area contributed by atoms with Crippen LogP contribution in [-0.4, -0.2) is 53.8 Å². The van der Waals surface area contributed by atoms with E-state index >= 15 is 0 Å². The molecule has 2 fully saturated rings. The normalized spacial score (nSPS) is 19.8. The van der Waals surface area contributed by atoms with Crippen LogP contribution in [0.25, 0.3) is 6.08 Å². The first-order valence-electron chi connectivity index (χ1n) is 10.4. The summed E-state index contributed by atoms with van der Waals surface area (Å²) in [6.07, 6.45) is 1.79. The van der Waals surface area contributed by atoms with E-state index in [0.29, 0.717) is 52.9 Å². The molecular weight excluding hydrogens is 460 g/mol. The second-order valence-corrected chi connectivity index (χ2v) is 8.69. The summed E-state index contributed by atoms with van der Waals surface area (Å²) in [7, 11) is 0. The number of hydrazone groups is 1. The van der Waals surface area contributed by atoms with Gasteiger partial charge in [0.05, 0.1) is 23.8 Å². The van der Waals surface area contributed by atoms with Crippen LogP contribution in [-0.2, 0) is 9.53 Å². The lowest BCUT2D eigenvalue weighted by Crippen LogP contribution is -2.44. The summed E-state index contributed by atoms with van der Waals surface area (Å²) in [4.78, 5) is 15.0. The van der Waals surface area contributed by atoms with Gasteiger partial charge in [0, 0.05) is 18.1 Å². The number of thioether (sulfide) groups is 1. The van der Waals surface area contributed by atoms with E-state index in [1.807, 2.05) is 49.4 Å². The number of carbonyl (C=O) groups excluding carboxylic acids is 1. The van der Waals surface area contributed by atoms with Crippen LogP contribution in [0, 0.1) is 0 Å². The van der Waals surface area contributed by atoms with Gasteiger partial charge in [0.1, 0.15) is 5.71 Å². The summed E-state index contributed by atoms with van der Waals surface area (Å²) in [5, 5.41) is 17.0. The first-order chi connectivity index (χ1) is 16.1. The molecule has 2 aromatic carbocycles. The molecule has 1 amide bonds. The van der Waals surface area contributed by atoms with Crippen LogP contribution in [0.2, 0.25) is 5.02 Å². The second-order valence-electron chi connectivity index (χ2n) is 7.22. The van der Waals surface area contributed by atoms with Crippen LogP contribution in [0.15, 0.2) is 74.8 Å². The Labute approximate surface area is 201 Å². The molecule has 8 nitrogen and oxygen atoms in total. The molecule has 0 aromatic heterocycles. The Morgan fingerprint density at radius 2 is 1.88 bits per heavy atom. The average Bonchev–Trinajstić information content (AvgIpc) is 3.19. The Bertz CT molecular complexity index is 1110. The highest BCUT2D eigenvalue weighted by Gasteiger charge is 2.24. The first-order valence-corrected chi connectivity index (χ1v) is 11.6. The van der Waals surface area contributed by atoms with Gasteiger partial charge in [-0.15, -0.1) is 10.2 Å². The van der Waals surface area contributed by atoms with Gasteiger partial charge < -0.3 is 9.64 Å². The molecular formula is C23H23ClN6O2S. The quantitative estimate of drug-likeness (QED) is 0.290. The summed E-state index contributed by atoms with van der Waals surface area (Å²) >= 11 is 7.16. The number of carbonyl (C=O) groups is 1. The minimum atomic E-state index is -0.214. The van der Waals surface area contributed by atoms with Gasteiger partial charge in [-0.3, -0.25) is 15.5 Å². The summed E-state index contributed by atoms with van der Waals surface area (Å²) in [5.74, 6) is 0.465. The summed E-state index contributed by atoms with van der Waals surface area (Å²) < 4.78 is 5.46. The maximum atomic E-state index is 12.3. The van der Waals surface area contributed by atoms with Gasteiger partial charge in [-0.2, -0.15) is 5.10 Å². The predicted molar refractivity (Wildman–Crippen MR) is 136 cm³/mol. The van der Waals surface area contributed by atoms with Crippen molar-refractivity contribution in [1.82, 2.24) is 10.2 Å². The molecule has 0 aliphatic carbocycles. The monoisotopic (exact) mass is 482 g/mol. The highest BCUT2D eigenvalue weighted by Crippen LogP contribution is 2.26. The number of ether oxygens (including phenoxy) is 1. The van der Waals surface area contributed by atoms with Crippen molar-refractivity contribution >= 4 is 57.7 Å². The molecule has 0 radical (unpaired) electrons. The van der Waals surface area contributed by atoms with E-state index in [9.17, 15) is 4.79 Å². The van der Waals surface area contributed by atoms with Crippen molar-refractivity contribution in [1.29, 1.82) is 0 Å². The Morgan fingerprint density at radius 1 is 1.15 bits per heavy atom. The number of hydrogen-bond acceptors (Lipinski definition) is 7. The standard InChI is InChI=1S/C23H23ClN6O2S/c1-16(21(30-11-13-32-14-12-30)28-27-19-5-3-2-4-6-19)26-29-23-25-22(31)20(33-23)15-17-7-9-18(24)10-8-17/h2-10,15,27H,11-14H2,1H3,(H,25,29,31)/b20-15-,26-16+,28-21-. The second kappa shape index (κ2) is 11.1. The first kappa shape index (κ1) is 23.0. The van der Waals surface area contributed by atoms with Gasteiger partial charge >= 0.3 is 0 Å². The Balaban J connectivity index is 1.51. The number of nitrogens with one attached hydrogen (secondary N) is 2. The van der Waals surface area contributed by atoms with Crippen LogP contribution < -0.4 is 10.7 Å². The molecule has 0 atom stereocenters. The molecule has 0 spiro atoms. The van der Waals surface area contributed by atoms with Gasteiger partial charge in [0.15, 0.2) is 11.0 Å². The molecule has 2 N–H and O–H groups in total. The van der Waals surface area contributed by atoms with E-state index in [0.717, 1.165) is 11.3 Å². The molecule has 2 aliphatic rings. The zero-order valence-corrected chi connectivity index (χ0v) is 19.6. The zero-order chi connectivity index (χ0) is 23.0. The van der Waals surface area contributed by atoms with E-state index in [1.165, 1.54) is 11.8 Å². The fourth-order valence-corrected chi connectivity index (χ4v) is 4.03. The Hall–Kier alpha value is -3.14. The molecule has 33 heavy (non-hydrogen) atoms. The Morgan fingerprint density at radius 3 is 2.61 bits per heavy atom. The third-order valence-electron chi connectivity index (χ3n) is 4.81. The lowest BCUT2D eigenvalue weighted by atomic mass is 10.2. The smallest absolute Gasteiger partial charge is 0.264 e. The van der Waals surface area contributed by atoms with Crippen molar-refractivity contribution in [2.24, 2.45) is 15.3 Å². The van der Waals surface area contributed by atoms with Crippen LogP contribution in [0.4, 0.5) is 5.69 Å². The molecule has 0 saturated carbocycles. The highest BCUT2D eigenvalue weighted by atomic mass is 35.5. The summed E-state index contributed by atoms with van der Waals surface area (Å²) in [5.41, 5.74) is 5.46. The molecule has 170 valence electrons. The van der Waals surface area contributed by atoms with Gasteiger partial charge in [-0.25, -0.2) is 0 Å². The zero-order valence-electron chi connectivity index (χ0n) is 18.0. The number of hydrogen-bond donors (Lipinski definition) is 2. The molecule has 2 aromatic rings. The van der Waals surface area contributed by atoms with Crippen molar-refractivity contribution in [3.63, 3.8) is 0 Å². The van der Waals surface area contributed by atoms with Crippen molar-refractivity contribution in [2.75, 3.05) is 31.7 Å². The van der Waals surface area contributed by atoms with E-state index in [1.54, 1.807) is 18.2 Å². The average molecular weight is 483 g/mol. The third kappa shape index (κ3) is 6.44. The SMILES string of the molecule is CC(=N\N=C1\NC(=O)/C(=C/c2ccc(Cl)cc2)S1)/C(=N/Nc1ccccc1)N1CCOCC1. The summed E-state index contributed by atoms with van der Waals surface area (Å²) in [6, 6.07) is 17.0. The van der Waals surface area contributed by atoms with E-state index in [-0.39, 0.29) is 5.91 Å². The van der Waals surface area contributed by atoms with Gasteiger partial charge in [0.2, 0.25) is 0 Å². The van der Waals surface area contributed by atoms with Crippen molar-refractivity contribution in [3.8, 4) is 0 Å². The van der Waals surface area contributed by atoms with Crippen molar-refractivity contribution < 1.29 is 9.53 Å². The number of morpholine rings is 1. The molecule has 0 bridgehead atoms. The van der Waals surface area contributed by atoms with Crippen LogP contribution in [0.5, 0.6) is 0 Å². The minimum Gasteiger partial charge on any atom is -0.378 e. The predicted octanol–water partition coefficient (Wildman–Crippen LogP) is 4.03. The largest absolute Gasteiger partial charge is 0.378 e. The molecule has 4 rings (SSSR count). The van der Waals surface area contributed by atoms with Crippen molar-refractivity contribution in [2.45, 2.75) is 6.92 Å². The number of rotatable bonds is 5. The maximum absolute atomic E-state index is 12.3. The van der Waals surface area contributed by atoms with Gasteiger partial charge in [0.25, 0.3) is 5.91 Å². The van der Waals surface area contributed by atoms with Gasteiger partial charge in [-0.1, -0.05) is 41.9 Å². The fourth-order valence-electron chi connectivity index (χ4n) is 3.14. The Kier molecular flexibility index (Phi) is 7.77. The summed E-state index contributed by atoms with van der Waals surface area (Å²) in [6.45, 7) is 4.50. The number of anilines is 1. The number of nitrogens with zero attached hydrogens (tertiary/aromatic N) is 4. The molecule has 2 heterocycles. The van der Waals surface area contributed by atoms with Crippen LogP contribution in [0.3, 0.4) is 0 Å². The molecule has 2 aliphatic heterocycles. The topological polar surface area (TPSA) is 90.7 Å². The number of amides is 1. The van der Waals surface area contributed by atoms with Crippen molar-refractivity contribution in [3.05, 3.63) is 70.1 Å². The van der Waals surface area contributed by atoms with Gasteiger partial charge in [-0.05, 0) is 54.6 Å². The number of halogens is 1. The lowest BCUT2D eigenvalue weighted by Gasteiger charge is -2.29.